The van der Waals surface area contributed by atoms with Gasteiger partial charge in [0.05, 0.1) is 13.2 Å². The summed E-state index contributed by atoms with van der Waals surface area (Å²) in [6.45, 7) is 1.89. The van der Waals surface area contributed by atoms with Gasteiger partial charge in [0.2, 0.25) is 5.91 Å². The lowest BCUT2D eigenvalue weighted by atomic mass is 10.1. The second-order valence-corrected chi connectivity index (χ2v) is 5.33. The number of amides is 1. The topological polar surface area (TPSA) is 71.3 Å². The van der Waals surface area contributed by atoms with E-state index in [0.29, 0.717) is 11.5 Å². The van der Waals surface area contributed by atoms with E-state index >= 15 is 0 Å². The second kappa shape index (κ2) is 9.14. The van der Waals surface area contributed by atoms with Crippen LogP contribution in [-0.4, -0.2) is 19.6 Å². The van der Waals surface area contributed by atoms with E-state index in [-0.39, 0.29) is 18.6 Å². The lowest BCUT2D eigenvalue weighted by Crippen LogP contribution is -2.24. The Balaban J connectivity index is 2.01. The van der Waals surface area contributed by atoms with Gasteiger partial charge in [0.1, 0.15) is 6.07 Å². The summed E-state index contributed by atoms with van der Waals surface area (Å²) in [6, 6.07) is 16.8. The number of methoxy groups -OCH3 is 1. The molecule has 25 heavy (non-hydrogen) atoms. The highest BCUT2D eigenvalue weighted by molar-refractivity contribution is 5.92. The third kappa shape index (κ3) is 5.40. The molecule has 0 saturated carbocycles. The average molecular weight is 336 g/mol. The minimum atomic E-state index is -0.180. The molecule has 0 saturated heterocycles. The maximum absolute atomic E-state index is 12.1. The quantitative estimate of drug-likeness (QED) is 0.786. The number of nitrogens with one attached hydrogen (secondary N) is 1. The van der Waals surface area contributed by atoms with Gasteiger partial charge < -0.3 is 14.8 Å². The van der Waals surface area contributed by atoms with Crippen LogP contribution in [0.25, 0.3) is 6.08 Å². The Labute approximate surface area is 147 Å². The van der Waals surface area contributed by atoms with Gasteiger partial charge in [0, 0.05) is 6.08 Å². The van der Waals surface area contributed by atoms with Crippen molar-refractivity contribution in [3.05, 3.63) is 65.7 Å². The first-order valence-electron chi connectivity index (χ1n) is 7.85. The molecule has 5 heteroatoms. The zero-order valence-electron chi connectivity index (χ0n) is 14.2. The third-order valence-electron chi connectivity index (χ3n) is 3.57. The number of carbonyl (C=O) groups excluding carboxylic acids is 1. The van der Waals surface area contributed by atoms with E-state index in [9.17, 15) is 4.79 Å². The summed E-state index contributed by atoms with van der Waals surface area (Å²) in [7, 11) is 1.52. The lowest BCUT2D eigenvalue weighted by Gasteiger charge is -2.12. The standard InChI is InChI=1S/C20H20N2O3/c1-15(17-6-4-3-5-7-17)22-20(23)11-9-16-8-10-18(25-13-12-21)19(14-16)24-2/h3-11,14-15H,13H2,1-2H3,(H,22,23)/b11-9+/t15-/m1/s1. The van der Waals surface area contributed by atoms with Crippen molar-refractivity contribution < 1.29 is 14.3 Å². The molecule has 0 heterocycles. The van der Waals surface area contributed by atoms with Crippen molar-refractivity contribution in [2.24, 2.45) is 0 Å². The van der Waals surface area contributed by atoms with Gasteiger partial charge in [-0.25, -0.2) is 0 Å². The number of benzene rings is 2. The number of ether oxygens (including phenoxy) is 2. The summed E-state index contributed by atoms with van der Waals surface area (Å²) in [6.07, 6.45) is 3.17. The van der Waals surface area contributed by atoms with Gasteiger partial charge in [-0.05, 0) is 36.3 Å². The van der Waals surface area contributed by atoms with E-state index in [0.717, 1.165) is 11.1 Å². The number of nitriles is 1. The van der Waals surface area contributed by atoms with Crippen LogP contribution in [0, 0.1) is 11.3 Å². The van der Waals surface area contributed by atoms with Gasteiger partial charge in [0.25, 0.3) is 0 Å². The van der Waals surface area contributed by atoms with Crippen molar-refractivity contribution in [3.63, 3.8) is 0 Å². The van der Waals surface area contributed by atoms with E-state index in [1.54, 1.807) is 24.3 Å². The molecular formula is C20H20N2O3. The van der Waals surface area contributed by atoms with E-state index in [1.807, 2.05) is 43.3 Å². The number of carbonyl (C=O) groups is 1. The molecule has 1 N–H and O–H groups in total. The highest BCUT2D eigenvalue weighted by Crippen LogP contribution is 2.28. The number of rotatable bonds is 7. The molecule has 0 fully saturated rings. The fraction of sp³-hybridized carbons (Fsp3) is 0.200. The Morgan fingerprint density at radius 2 is 2.00 bits per heavy atom. The normalized spacial score (nSPS) is 11.6. The van der Waals surface area contributed by atoms with E-state index in [1.165, 1.54) is 13.2 Å². The molecule has 5 nitrogen and oxygen atoms in total. The zero-order valence-corrected chi connectivity index (χ0v) is 14.2. The summed E-state index contributed by atoms with van der Waals surface area (Å²) < 4.78 is 10.5. The van der Waals surface area contributed by atoms with Gasteiger partial charge in [-0.15, -0.1) is 0 Å². The van der Waals surface area contributed by atoms with Crippen molar-refractivity contribution in [2.45, 2.75) is 13.0 Å². The molecule has 0 aliphatic heterocycles. The molecule has 2 rings (SSSR count). The summed E-state index contributed by atoms with van der Waals surface area (Å²) in [4.78, 5) is 12.1. The first-order valence-corrected chi connectivity index (χ1v) is 7.85. The van der Waals surface area contributed by atoms with Crippen LogP contribution in [0.3, 0.4) is 0 Å². The van der Waals surface area contributed by atoms with Crippen molar-refractivity contribution in [2.75, 3.05) is 13.7 Å². The van der Waals surface area contributed by atoms with Crippen LogP contribution in [0.4, 0.5) is 0 Å². The van der Waals surface area contributed by atoms with Crippen LogP contribution in [0.5, 0.6) is 11.5 Å². The molecule has 0 aliphatic carbocycles. The molecule has 2 aromatic rings. The largest absolute Gasteiger partial charge is 0.493 e. The van der Waals surface area contributed by atoms with Crippen LogP contribution >= 0.6 is 0 Å². The summed E-state index contributed by atoms with van der Waals surface area (Å²) in [5.74, 6) is 0.818. The summed E-state index contributed by atoms with van der Waals surface area (Å²) >= 11 is 0. The van der Waals surface area contributed by atoms with E-state index in [2.05, 4.69) is 5.32 Å². The Morgan fingerprint density at radius 1 is 1.24 bits per heavy atom. The molecule has 0 bridgehead atoms. The van der Waals surface area contributed by atoms with Crippen molar-refractivity contribution >= 4 is 12.0 Å². The molecule has 128 valence electrons. The highest BCUT2D eigenvalue weighted by Gasteiger charge is 2.07. The van der Waals surface area contributed by atoms with E-state index < -0.39 is 0 Å². The van der Waals surface area contributed by atoms with Crippen LogP contribution in [0.2, 0.25) is 0 Å². The first-order chi connectivity index (χ1) is 12.1. The Bertz CT molecular complexity index is 779. The maximum atomic E-state index is 12.1. The van der Waals surface area contributed by atoms with Crippen LogP contribution in [0.1, 0.15) is 24.1 Å². The Morgan fingerprint density at radius 3 is 2.68 bits per heavy atom. The predicted octanol–water partition coefficient (Wildman–Crippen LogP) is 3.49. The van der Waals surface area contributed by atoms with E-state index in [4.69, 9.17) is 14.7 Å². The minimum absolute atomic E-state index is 0.0503. The first kappa shape index (κ1) is 18.1. The molecule has 1 amide bonds. The molecule has 0 aromatic heterocycles. The smallest absolute Gasteiger partial charge is 0.244 e. The van der Waals surface area contributed by atoms with Crippen molar-refractivity contribution in [3.8, 4) is 17.6 Å². The molecule has 1 atom stereocenters. The highest BCUT2D eigenvalue weighted by atomic mass is 16.5. The van der Waals surface area contributed by atoms with Gasteiger partial charge in [0.15, 0.2) is 18.1 Å². The Kier molecular flexibility index (Phi) is 6.61. The number of nitrogens with zero attached hydrogens (tertiary/aromatic N) is 1. The predicted molar refractivity (Wildman–Crippen MR) is 96.1 cm³/mol. The molecular weight excluding hydrogens is 316 g/mol. The van der Waals surface area contributed by atoms with Crippen LogP contribution in [-0.2, 0) is 4.79 Å². The zero-order chi connectivity index (χ0) is 18.1. The number of hydrogen-bond acceptors (Lipinski definition) is 4. The van der Waals surface area contributed by atoms with Crippen molar-refractivity contribution in [1.82, 2.24) is 5.32 Å². The summed E-state index contributed by atoms with van der Waals surface area (Å²) in [5.41, 5.74) is 1.84. The monoisotopic (exact) mass is 336 g/mol. The Hall–Kier alpha value is -3.26. The maximum Gasteiger partial charge on any atom is 0.244 e. The van der Waals surface area contributed by atoms with Gasteiger partial charge >= 0.3 is 0 Å². The van der Waals surface area contributed by atoms with Gasteiger partial charge in [-0.3, -0.25) is 4.79 Å². The minimum Gasteiger partial charge on any atom is -0.493 e. The van der Waals surface area contributed by atoms with Crippen LogP contribution in [0.15, 0.2) is 54.6 Å². The average Bonchev–Trinajstić information content (AvgIpc) is 2.65. The third-order valence-corrected chi connectivity index (χ3v) is 3.57. The fourth-order valence-electron chi connectivity index (χ4n) is 2.28. The molecule has 2 aromatic carbocycles. The van der Waals surface area contributed by atoms with Gasteiger partial charge in [-0.2, -0.15) is 5.26 Å². The molecule has 0 spiro atoms. The second-order valence-electron chi connectivity index (χ2n) is 5.33. The molecule has 0 unspecified atom stereocenters. The molecule has 0 aliphatic rings. The van der Waals surface area contributed by atoms with Crippen LogP contribution < -0.4 is 14.8 Å². The fourth-order valence-corrected chi connectivity index (χ4v) is 2.28. The SMILES string of the molecule is COc1cc(/C=C/C(=O)N[C@H](C)c2ccccc2)ccc1OCC#N. The van der Waals surface area contributed by atoms with Crippen molar-refractivity contribution in [1.29, 1.82) is 5.26 Å². The lowest BCUT2D eigenvalue weighted by molar-refractivity contribution is -0.117. The summed E-state index contributed by atoms with van der Waals surface area (Å²) in [5, 5.41) is 11.5. The number of hydrogen-bond donors (Lipinski definition) is 1. The molecule has 0 radical (unpaired) electrons. The van der Waals surface area contributed by atoms with Gasteiger partial charge in [-0.1, -0.05) is 36.4 Å².